The number of aromatic nitrogens is 1. The van der Waals surface area contributed by atoms with Gasteiger partial charge in [-0.15, -0.1) is 0 Å². The number of anilines is 1. The maximum Gasteiger partial charge on any atom is 0.469 e. The number of primary amides is 1. The molecule has 0 bridgehead atoms. The predicted molar refractivity (Wildman–Crippen MR) is 121 cm³/mol. The highest BCUT2D eigenvalue weighted by Crippen LogP contribution is 2.42. The lowest BCUT2D eigenvalue weighted by Gasteiger charge is -2.23. The minimum absolute atomic E-state index is 0.0726. The fourth-order valence-corrected chi connectivity index (χ4v) is 5.36. The van der Waals surface area contributed by atoms with Crippen molar-refractivity contribution in [3.63, 3.8) is 0 Å². The highest BCUT2D eigenvalue weighted by molar-refractivity contribution is 8.00. The molecule has 4 N–H and O–H groups in total. The van der Waals surface area contributed by atoms with Gasteiger partial charge < -0.3 is 20.4 Å². The van der Waals surface area contributed by atoms with E-state index in [-0.39, 0.29) is 28.5 Å². The molecule has 1 aromatic heterocycles. The largest absolute Gasteiger partial charge is 0.469 e. The van der Waals surface area contributed by atoms with E-state index in [1.54, 1.807) is 11.8 Å². The normalized spacial score (nSPS) is 16.6. The Morgan fingerprint density at radius 1 is 1.35 bits per heavy atom. The zero-order valence-corrected chi connectivity index (χ0v) is 19.7. The molecule has 2 aromatic rings. The van der Waals surface area contributed by atoms with Gasteiger partial charge in [-0.2, -0.15) is 10.5 Å². The molecule has 34 heavy (non-hydrogen) atoms. The van der Waals surface area contributed by atoms with Crippen LogP contribution in [0.25, 0.3) is 0 Å². The fraction of sp³-hybridized carbons (Fsp3) is 0.333. The lowest BCUT2D eigenvalue weighted by molar-refractivity contribution is -0.117. The summed E-state index contributed by atoms with van der Waals surface area (Å²) >= 11 is 0.917. The van der Waals surface area contributed by atoms with Crippen LogP contribution in [0, 0.1) is 28.5 Å². The summed E-state index contributed by atoms with van der Waals surface area (Å²) in [6.07, 6.45) is -0.159. The van der Waals surface area contributed by atoms with Crippen molar-refractivity contribution in [3.8, 4) is 12.1 Å². The Bertz CT molecular complexity index is 1220. The number of thioether (sulfide) groups is 1. The predicted octanol–water partition coefficient (Wildman–Crippen LogP) is 2.53. The molecule has 1 unspecified atom stereocenters. The first kappa shape index (κ1) is 25.6. The summed E-state index contributed by atoms with van der Waals surface area (Å²) in [5.41, 5.74) is 6.74. The monoisotopic (exact) mass is 505 g/mol. The summed E-state index contributed by atoms with van der Waals surface area (Å²) in [5.74, 6) is -0.981. The van der Waals surface area contributed by atoms with Crippen molar-refractivity contribution in [3.05, 3.63) is 52.3 Å². The van der Waals surface area contributed by atoms with Crippen LogP contribution in [0.3, 0.4) is 0 Å². The molecule has 1 aliphatic heterocycles. The van der Waals surface area contributed by atoms with Crippen LogP contribution >= 0.6 is 19.6 Å². The first-order valence-electron chi connectivity index (χ1n) is 10.1. The van der Waals surface area contributed by atoms with Crippen LogP contribution < -0.4 is 10.6 Å². The van der Waals surface area contributed by atoms with E-state index in [4.69, 9.17) is 20.0 Å². The molecule has 1 amide bonds. The van der Waals surface area contributed by atoms with Crippen molar-refractivity contribution in [2.24, 2.45) is 5.73 Å². The van der Waals surface area contributed by atoms with Gasteiger partial charge in [0.15, 0.2) is 0 Å². The summed E-state index contributed by atoms with van der Waals surface area (Å²) < 4.78 is 29.4. The molecule has 0 aliphatic carbocycles. The number of hydrogen-bond donors (Lipinski definition) is 3. The summed E-state index contributed by atoms with van der Waals surface area (Å²) in [5, 5.41) is 18.9. The molecule has 2 heterocycles. The maximum atomic E-state index is 13.4. The average molecular weight is 505 g/mol. The van der Waals surface area contributed by atoms with Gasteiger partial charge in [-0.05, 0) is 36.1 Å². The van der Waals surface area contributed by atoms with Gasteiger partial charge in [0.2, 0.25) is 5.91 Å². The Balaban J connectivity index is 2.06. The maximum absolute atomic E-state index is 13.4. The molecule has 3 rings (SSSR count). The molecular weight excluding hydrogens is 484 g/mol. The van der Waals surface area contributed by atoms with Crippen molar-refractivity contribution in [2.75, 3.05) is 18.0 Å². The second kappa shape index (κ2) is 10.5. The Kier molecular flexibility index (Phi) is 7.93. The van der Waals surface area contributed by atoms with Crippen LogP contribution in [0.1, 0.15) is 40.8 Å². The summed E-state index contributed by atoms with van der Waals surface area (Å²) in [6.45, 7) is 2.15. The van der Waals surface area contributed by atoms with E-state index in [2.05, 4.69) is 17.1 Å². The molecule has 1 saturated heterocycles. The number of nitriles is 2. The topological polar surface area (TPSA) is 174 Å². The number of nitrogens with two attached hydrogens (primary N) is 1. The van der Waals surface area contributed by atoms with Crippen molar-refractivity contribution in [1.82, 2.24) is 4.98 Å². The fourth-order valence-electron chi connectivity index (χ4n) is 3.74. The van der Waals surface area contributed by atoms with Crippen LogP contribution in [0.2, 0.25) is 0 Å². The zero-order valence-electron chi connectivity index (χ0n) is 18.0. The molecule has 1 aromatic carbocycles. The number of phosphoric acid groups is 1. The smallest absolute Gasteiger partial charge is 0.368 e. The van der Waals surface area contributed by atoms with Gasteiger partial charge in [0.1, 0.15) is 34.0 Å². The lowest BCUT2D eigenvalue weighted by Crippen LogP contribution is -2.25. The SMILES string of the molecule is CCc1c(C#N)c(SC(C(N)=O)c2ccc(F)cc2)nc(N2CC[C@H](OP(=O)(O)O)C2)c1C#N. The number of benzene rings is 1. The lowest BCUT2D eigenvalue weighted by atomic mass is 10.0. The summed E-state index contributed by atoms with van der Waals surface area (Å²) in [6, 6.07) is 9.35. The van der Waals surface area contributed by atoms with Gasteiger partial charge in [-0.3, -0.25) is 9.32 Å². The number of rotatable bonds is 8. The van der Waals surface area contributed by atoms with Gasteiger partial charge in [-0.1, -0.05) is 30.8 Å². The molecule has 0 radical (unpaired) electrons. The van der Waals surface area contributed by atoms with E-state index >= 15 is 0 Å². The third-order valence-electron chi connectivity index (χ3n) is 5.22. The average Bonchev–Trinajstić information content (AvgIpc) is 3.23. The molecule has 178 valence electrons. The van der Waals surface area contributed by atoms with Crippen LogP contribution in [-0.2, 0) is 20.3 Å². The van der Waals surface area contributed by atoms with Crippen molar-refractivity contribution >= 4 is 31.3 Å². The quantitative estimate of drug-likeness (QED) is 0.357. The minimum atomic E-state index is -4.69. The van der Waals surface area contributed by atoms with Gasteiger partial charge in [0.05, 0.1) is 17.2 Å². The first-order chi connectivity index (χ1) is 16.1. The Morgan fingerprint density at radius 3 is 2.53 bits per heavy atom. The third-order valence-corrected chi connectivity index (χ3v) is 7.05. The number of hydrogen-bond acceptors (Lipinski definition) is 8. The van der Waals surface area contributed by atoms with Crippen molar-refractivity contribution in [2.45, 2.75) is 36.1 Å². The Hall–Kier alpha value is -2.99. The number of carbonyl (C=O) groups is 1. The second-order valence-corrected chi connectivity index (χ2v) is 9.74. The number of halogens is 1. The number of pyridine rings is 1. The number of amides is 1. The second-order valence-electron chi connectivity index (χ2n) is 7.45. The molecule has 2 atom stereocenters. The number of carbonyl (C=O) groups excluding carboxylic acids is 1. The van der Waals surface area contributed by atoms with Crippen LogP contribution in [0.5, 0.6) is 0 Å². The molecule has 1 aliphatic rings. The van der Waals surface area contributed by atoms with Gasteiger partial charge >= 0.3 is 7.82 Å². The molecule has 1 fully saturated rings. The van der Waals surface area contributed by atoms with Gasteiger partial charge in [0.25, 0.3) is 0 Å². The van der Waals surface area contributed by atoms with E-state index in [1.165, 1.54) is 24.3 Å². The standard InChI is InChI=1S/C21H21FN5O5PS/c1-2-15-16(9-23)20(27-8-7-14(11-27)32-33(29,30)31)26-21(17(15)10-24)34-18(19(25)28)12-3-5-13(22)6-4-12/h3-6,14,18H,2,7-8,11H2,1H3,(H2,25,28)(H2,29,30,31)/t14-,18?/m0/s1. The van der Waals surface area contributed by atoms with Gasteiger partial charge in [-0.25, -0.2) is 13.9 Å². The molecule has 13 heteroatoms. The van der Waals surface area contributed by atoms with Crippen LogP contribution in [0.4, 0.5) is 10.2 Å². The molecule has 10 nitrogen and oxygen atoms in total. The molecule has 0 saturated carbocycles. The van der Waals surface area contributed by atoms with E-state index in [0.717, 1.165) is 11.8 Å². The van der Waals surface area contributed by atoms with E-state index < -0.39 is 30.9 Å². The first-order valence-corrected chi connectivity index (χ1v) is 12.6. The Labute approximate surface area is 199 Å². The van der Waals surface area contributed by atoms with Gasteiger partial charge in [0, 0.05) is 13.1 Å². The number of nitrogens with zero attached hydrogens (tertiary/aromatic N) is 4. The van der Waals surface area contributed by atoms with E-state index in [9.17, 15) is 24.3 Å². The van der Waals surface area contributed by atoms with Crippen LogP contribution in [0.15, 0.2) is 29.3 Å². The zero-order chi connectivity index (χ0) is 25.0. The molecule has 0 spiro atoms. The minimum Gasteiger partial charge on any atom is -0.368 e. The highest BCUT2D eigenvalue weighted by atomic mass is 32.2. The van der Waals surface area contributed by atoms with Crippen LogP contribution in [-0.4, -0.2) is 39.9 Å². The van der Waals surface area contributed by atoms with Crippen molar-refractivity contribution in [1.29, 1.82) is 10.5 Å². The third kappa shape index (κ3) is 5.73. The summed E-state index contributed by atoms with van der Waals surface area (Å²) in [4.78, 5) is 36.6. The number of phosphoric ester groups is 1. The molecular formula is C21H21FN5O5PS. The van der Waals surface area contributed by atoms with E-state index in [1.807, 2.05) is 0 Å². The highest BCUT2D eigenvalue weighted by Gasteiger charge is 2.33. The van der Waals surface area contributed by atoms with Crippen molar-refractivity contribution < 1.29 is 28.1 Å². The Morgan fingerprint density at radius 2 is 2.00 bits per heavy atom. The van der Waals surface area contributed by atoms with E-state index in [0.29, 0.717) is 30.5 Å². The summed E-state index contributed by atoms with van der Waals surface area (Å²) in [7, 11) is -4.69.